The second kappa shape index (κ2) is 10.6. The summed E-state index contributed by atoms with van der Waals surface area (Å²) in [6.07, 6.45) is 2.15. The van der Waals surface area contributed by atoms with E-state index in [1.807, 2.05) is 107 Å². The Bertz CT molecular complexity index is 973. The lowest BCUT2D eigenvalue weighted by atomic mass is 9.95. The van der Waals surface area contributed by atoms with Crippen LogP contribution >= 0.6 is 7.72 Å². The normalized spacial score (nSPS) is 12.4. The monoisotopic (exact) mass is 465 g/mol. The van der Waals surface area contributed by atoms with Gasteiger partial charge in [0, 0.05) is 0 Å². The first kappa shape index (κ1) is 25.1. The molecule has 0 bridgehead atoms. The number of carbonyl (C=O) groups is 1. The van der Waals surface area contributed by atoms with Crippen molar-refractivity contribution in [3.8, 4) is 0 Å². The smallest absolute Gasteiger partial charge is 0.390 e. The summed E-state index contributed by atoms with van der Waals surface area (Å²) in [4.78, 5) is 13.3. The minimum atomic E-state index is -3.04. The Labute approximate surface area is 198 Å². The van der Waals surface area contributed by atoms with Crippen LogP contribution in [-0.2, 0) is 9.05 Å². The van der Waals surface area contributed by atoms with Crippen molar-refractivity contribution in [2.75, 3.05) is 0 Å². The van der Waals surface area contributed by atoms with Gasteiger partial charge in [0.05, 0.1) is 11.2 Å². The van der Waals surface area contributed by atoms with Crippen molar-refractivity contribution < 1.29 is 18.9 Å². The first-order chi connectivity index (χ1) is 15.6. The minimum Gasteiger partial charge on any atom is -0.390 e. The molecule has 33 heavy (non-hydrogen) atoms. The van der Waals surface area contributed by atoms with Crippen molar-refractivity contribution in [3.63, 3.8) is 0 Å². The van der Waals surface area contributed by atoms with Gasteiger partial charge in [-0.05, 0) is 83.4 Å². The minimum absolute atomic E-state index is 0.413. The highest BCUT2D eigenvalue weighted by Gasteiger charge is 2.55. The fourth-order valence-electron chi connectivity index (χ4n) is 3.71. The summed E-state index contributed by atoms with van der Waals surface area (Å²) in [7, 11) is -3.04. The SMILES string of the molecule is CC(C)(O)CCCC(C)(C)O[P+](OC(=O)c1ccccc1)(c1ccccc1)c1ccccc1. The number of benzene rings is 3. The second-order valence-corrected chi connectivity index (χ2v) is 12.0. The van der Waals surface area contributed by atoms with E-state index in [2.05, 4.69) is 0 Å². The van der Waals surface area contributed by atoms with E-state index in [1.165, 1.54) is 0 Å². The molecule has 5 heteroatoms. The van der Waals surface area contributed by atoms with Gasteiger partial charge in [-0.3, -0.25) is 4.52 Å². The maximum Gasteiger partial charge on any atom is 0.391 e. The van der Waals surface area contributed by atoms with Crippen molar-refractivity contribution in [3.05, 3.63) is 96.6 Å². The van der Waals surface area contributed by atoms with Crippen LogP contribution in [0.2, 0.25) is 0 Å². The molecule has 1 N–H and O–H groups in total. The molecule has 3 aromatic rings. The van der Waals surface area contributed by atoms with Crippen LogP contribution in [-0.4, -0.2) is 22.3 Å². The van der Waals surface area contributed by atoms with Gasteiger partial charge in [-0.1, -0.05) is 54.6 Å². The summed E-state index contributed by atoms with van der Waals surface area (Å²) in [5.74, 6) is -0.413. The van der Waals surface area contributed by atoms with Crippen LogP contribution in [0.4, 0.5) is 0 Å². The molecule has 174 valence electrons. The highest BCUT2D eigenvalue weighted by atomic mass is 31.2. The molecule has 0 heterocycles. The van der Waals surface area contributed by atoms with Gasteiger partial charge >= 0.3 is 13.7 Å². The lowest BCUT2D eigenvalue weighted by Gasteiger charge is -2.32. The number of rotatable bonds is 10. The quantitative estimate of drug-likeness (QED) is 0.369. The van der Waals surface area contributed by atoms with Gasteiger partial charge in [0.2, 0.25) is 0 Å². The highest BCUT2D eigenvalue weighted by Crippen LogP contribution is 2.62. The van der Waals surface area contributed by atoms with Gasteiger partial charge in [-0.15, -0.1) is 0 Å². The number of aliphatic hydroxyl groups is 1. The molecule has 0 unspecified atom stereocenters. The summed E-state index contributed by atoms with van der Waals surface area (Å²) in [6.45, 7) is 7.67. The van der Waals surface area contributed by atoms with Gasteiger partial charge in [0.1, 0.15) is 5.60 Å². The predicted octanol–water partition coefficient (Wildman–Crippen LogP) is 6.08. The van der Waals surface area contributed by atoms with E-state index >= 15 is 0 Å². The topological polar surface area (TPSA) is 55.8 Å². The van der Waals surface area contributed by atoms with Crippen LogP contribution in [0.1, 0.15) is 57.3 Å². The second-order valence-electron chi connectivity index (χ2n) is 9.48. The van der Waals surface area contributed by atoms with E-state index in [0.29, 0.717) is 18.4 Å². The zero-order valence-electron chi connectivity index (χ0n) is 19.9. The maximum absolute atomic E-state index is 13.3. The van der Waals surface area contributed by atoms with Crippen molar-refractivity contribution in [2.24, 2.45) is 0 Å². The van der Waals surface area contributed by atoms with Crippen LogP contribution in [0.3, 0.4) is 0 Å². The molecule has 4 nitrogen and oxygen atoms in total. The molecule has 0 atom stereocenters. The summed E-state index contributed by atoms with van der Waals surface area (Å²) >= 11 is 0. The number of hydrogen-bond donors (Lipinski definition) is 1. The maximum atomic E-state index is 13.3. The fraction of sp³-hybridized carbons (Fsp3) is 0.321. The van der Waals surface area contributed by atoms with E-state index in [4.69, 9.17) is 9.05 Å². The van der Waals surface area contributed by atoms with E-state index in [-0.39, 0.29) is 0 Å². The molecule has 3 rings (SSSR count). The van der Waals surface area contributed by atoms with Crippen LogP contribution in [0.5, 0.6) is 0 Å². The van der Waals surface area contributed by atoms with Crippen LogP contribution in [0.15, 0.2) is 91.0 Å². The van der Waals surface area contributed by atoms with Crippen LogP contribution in [0, 0.1) is 0 Å². The summed E-state index contributed by atoms with van der Waals surface area (Å²) in [5, 5.41) is 11.8. The van der Waals surface area contributed by atoms with Crippen LogP contribution in [0.25, 0.3) is 0 Å². The molecule has 0 aliphatic heterocycles. The third kappa shape index (κ3) is 6.98. The Kier molecular flexibility index (Phi) is 8.07. The molecule has 0 radical (unpaired) electrons. The van der Waals surface area contributed by atoms with E-state index in [1.54, 1.807) is 12.1 Å². The first-order valence-corrected chi connectivity index (χ1v) is 13.0. The van der Waals surface area contributed by atoms with Gasteiger partial charge in [0.25, 0.3) is 0 Å². The van der Waals surface area contributed by atoms with Crippen molar-refractivity contribution in [1.82, 2.24) is 0 Å². The lowest BCUT2D eigenvalue weighted by molar-refractivity contribution is 0.0473. The standard InChI is InChI=1S/C28H34O4P/c1-27(2,30)21-14-22-28(3,4)32-33(24-17-10-6-11-18-24,25-19-12-7-13-20-25)31-26(29)23-15-8-5-9-16-23/h5-13,15-20,30H,14,21-22H2,1-4H3/q+1. The highest BCUT2D eigenvalue weighted by molar-refractivity contribution is 7.81. The molecule has 0 saturated heterocycles. The van der Waals surface area contributed by atoms with E-state index in [0.717, 1.165) is 17.0 Å². The molecule has 0 saturated carbocycles. The van der Waals surface area contributed by atoms with Gasteiger partial charge < -0.3 is 5.11 Å². The number of carbonyl (C=O) groups excluding carboxylic acids is 1. The molecule has 0 aliphatic rings. The molecule has 0 spiro atoms. The molecule has 3 aromatic carbocycles. The van der Waals surface area contributed by atoms with Gasteiger partial charge in [-0.25, -0.2) is 4.79 Å². The van der Waals surface area contributed by atoms with Gasteiger partial charge in [-0.2, -0.15) is 4.52 Å². The third-order valence-corrected chi connectivity index (χ3v) is 8.49. The largest absolute Gasteiger partial charge is 0.391 e. The van der Waals surface area contributed by atoms with Crippen molar-refractivity contribution in [2.45, 2.75) is 58.2 Å². The third-order valence-electron chi connectivity index (χ3n) is 5.36. The first-order valence-electron chi connectivity index (χ1n) is 11.3. The zero-order valence-corrected chi connectivity index (χ0v) is 20.8. The van der Waals surface area contributed by atoms with E-state index in [9.17, 15) is 9.90 Å². The molecule has 0 aliphatic carbocycles. The Hall–Kier alpha value is -2.52. The van der Waals surface area contributed by atoms with Crippen molar-refractivity contribution in [1.29, 1.82) is 0 Å². The number of hydrogen-bond acceptors (Lipinski definition) is 4. The zero-order chi connectivity index (χ0) is 24.0. The Balaban J connectivity index is 2.04. The van der Waals surface area contributed by atoms with Crippen molar-refractivity contribution >= 4 is 24.3 Å². The Morgan fingerprint density at radius 3 is 1.67 bits per heavy atom. The average Bonchev–Trinajstić information content (AvgIpc) is 2.79. The van der Waals surface area contributed by atoms with Crippen LogP contribution < -0.4 is 10.6 Å². The lowest BCUT2D eigenvalue weighted by Crippen LogP contribution is -2.36. The fourth-order valence-corrected chi connectivity index (χ4v) is 6.72. The Morgan fingerprint density at radius 1 is 0.758 bits per heavy atom. The molecule has 0 amide bonds. The summed E-state index contributed by atoms with van der Waals surface area (Å²) < 4.78 is 13.3. The summed E-state index contributed by atoms with van der Waals surface area (Å²) in [6, 6.07) is 28.5. The molecular weight excluding hydrogens is 431 g/mol. The molecule has 0 fully saturated rings. The average molecular weight is 466 g/mol. The van der Waals surface area contributed by atoms with E-state index < -0.39 is 24.9 Å². The Morgan fingerprint density at radius 2 is 1.21 bits per heavy atom. The summed E-state index contributed by atoms with van der Waals surface area (Å²) in [5.41, 5.74) is -0.847. The predicted molar refractivity (Wildman–Crippen MR) is 136 cm³/mol. The molecule has 0 aromatic heterocycles. The molecular formula is C28H34O4P+. The van der Waals surface area contributed by atoms with Gasteiger partial charge in [0.15, 0.2) is 10.6 Å².